The van der Waals surface area contributed by atoms with Gasteiger partial charge >= 0.3 is 5.97 Å². The van der Waals surface area contributed by atoms with E-state index in [4.69, 9.17) is 20.9 Å². The van der Waals surface area contributed by atoms with Crippen LogP contribution in [-0.4, -0.2) is 24.4 Å². The van der Waals surface area contributed by atoms with Gasteiger partial charge in [0.25, 0.3) is 0 Å². The number of carboxylic acids is 1. The van der Waals surface area contributed by atoms with E-state index in [1.54, 1.807) is 67.9 Å². The Morgan fingerprint density at radius 2 is 0.855 bits per heavy atom. The van der Waals surface area contributed by atoms with E-state index in [9.17, 15) is 40.1 Å². The average molecular weight is 958 g/mol. The lowest BCUT2D eigenvalue weighted by Crippen LogP contribution is -2.04. The molecule has 14 heteroatoms. The van der Waals surface area contributed by atoms with Crippen molar-refractivity contribution in [1.29, 1.82) is 15.8 Å². The lowest BCUT2D eigenvalue weighted by molar-refractivity contribution is 0.0695. The predicted octanol–water partition coefficient (Wildman–Crippen LogP) is 13.9. The fourth-order valence-corrected chi connectivity index (χ4v) is 7.52. The average Bonchev–Trinajstić information content (AvgIpc) is 3.32. The highest BCUT2D eigenvalue weighted by atomic mass is 31.2. The fraction of sp³-hybridized carbons (Fsp3) is 0.127. The second-order valence-corrected chi connectivity index (χ2v) is 19.1. The summed E-state index contributed by atoms with van der Waals surface area (Å²) in [6.07, 6.45) is 6.16. The van der Waals surface area contributed by atoms with Crippen LogP contribution in [0.1, 0.15) is 66.0 Å². The van der Waals surface area contributed by atoms with Gasteiger partial charge < -0.3 is 9.67 Å². The van der Waals surface area contributed by atoms with Crippen LogP contribution in [0.15, 0.2) is 146 Å². The topological polar surface area (TPSA) is 126 Å². The van der Waals surface area contributed by atoms with E-state index >= 15 is 0 Å². The molecule has 0 atom stereocenters. The van der Waals surface area contributed by atoms with Crippen LogP contribution < -0.4 is 0 Å². The Balaban J connectivity index is 0.000000202. The zero-order valence-electron chi connectivity index (χ0n) is 37.2. The summed E-state index contributed by atoms with van der Waals surface area (Å²) in [5.74, 6) is -3.87. The minimum atomic E-state index is -2.22. The van der Waals surface area contributed by atoms with Gasteiger partial charge in [-0.3, -0.25) is 0 Å². The first-order valence-corrected chi connectivity index (χ1v) is 23.7. The van der Waals surface area contributed by atoms with Crippen molar-refractivity contribution >= 4 is 25.3 Å². The normalized spacial score (nSPS) is 10.5. The molecule has 0 radical (unpaired) electrons. The summed E-state index contributed by atoms with van der Waals surface area (Å²) < 4.78 is 101. The highest BCUT2D eigenvalue weighted by molar-refractivity contribution is 7.61. The van der Waals surface area contributed by atoms with E-state index in [2.05, 4.69) is 0 Å². The molecule has 0 aliphatic rings. The van der Waals surface area contributed by atoms with Gasteiger partial charge in [-0.2, -0.15) is 15.8 Å². The number of halogens is 7. The van der Waals surface area contributed by atoms with Gasteiger partial charge in [0, 0.05) is 6.16 Å². The third kappa shape index (κ3) is 18.6. The molecule has 0 unspecified atom stereocenters. The lowest BCUT2D eigenvalue weighted by Gasteiger charge is -2.07. The number of hydrogen-bond acceptors (Lipinski definition) is 5. The van der Waals surface area contributed by atoms with E-state index in [0.29, 0.717) is 54.1 Å². The van der Waals surface area contributed by atoms with Gasteiger partial charge in [-0.25, -0.2) is 35.5 Å². The van der Waals surface area contributed by atoms with Crippen LogP contribution >= 0.6 is 7.14 Å². The highest BCUT2D eigenvalue weighted by Crippen LogP contribution is 2.41. The number of carboxylic acid groups (broad SMARTS) is 1. The third-order valence-electron chi connectivity index (χ3n) is 9.89. The van der Waals surface area contributed by atoms with E-state index in [-0.39, 0.29) is 34.1 Å². The molecule has 7 aromatic carbocycles. The smallest absolute Gasteiger partial charge is 0.336 e. The monoisotopic (exact) mass is 957 g/mol. The van der Waals surface area contributed by atoms with E-state index in [0.717, 1.165) is 28.3 Å². The van der Waals surface area contributed by atoms with Gasteiger partial charge in [0.2, 0.25) is 0 Å². The number of hydrogen-bond donors (Lipinski definition) is 1. The maximum atomic E-state index is 13.0. The molecular formula is C55H43F7N3O3P. The minimum Gasteiger partial charge on any atom is -0.478 e. The number of nitrogens with zero attached hydrogens (tertiary/aromatic N) is 3. The van der Waals surface area contributed by atoms with Crippen LogP contribution in [0.2, 0.25) is 0 Å². The second kappa shape index (κ2) is 26.3. The Labute approximate surface area is 395 Å². The van der Waals surface area contributed by atoms with E-state index in [1.165, 1.54) is 97.1 Å². The number of aryl methyl sites for hydroxylation is 4. The van der Waals surface area contributed by atoms with Crippen LogP contribution in [0.3, 0.4) is 0 Å². The number of carbonyl (C=O) groups is 1. The largest absolute Gasteiger partial charge is 0.478 e. The van der Waals surface area contributed by atoms with Crippen molar-refractivity contribution in [3.63, 3.8) is 0 Å². The summed E-state index contributed by atoms with van der Waals surface area (Å²) in [6.45, 7) is 3.30. The number of benzene rings is 7. The Kier molecular flexibility index (Phi) is 20.4. The molecule has 0 saturated heterocycles. The minimum absolute atomic E-state index is 0.0258. The Morgan fingerprint density at radius 1 is 0.478 bits per heavy atom. The van der Waals surface area contributed by atoms with E-state index < -0.39 is 36.4 Å². The van der Waals surface area contributed by atoms with Gasteiger partial charge in [0.05, 0.1) is 47.6 Å². The Hall–Kier alpha value is -8.04. The molecule has 7 rings (SSSR count). The molecule has 1 N–H and O–H groups in total. The highest BCUT2D eigenvalue weighted by Gasteiger charge is 2.13. The number of nitriles is 3. The van der Waals surface area contributed by atoms with Crippen molar-refractivity contribution in [3.8, 4) is 18.2 Å². The molecule has 0 aromatic heterocycles. The van der Waals surface area contributed by atoms with Gasteiger partial charge in [-0.05, 0) is 163 Å². The number of rotatable bonds is 11. The first-order chi connectivity index (χ1) is 32.9. The van der Waals surface area contributed by atoms with Crippen molar-refractivity contribution < 1.29 is 45.2 Å². The van der Waals surface area contributed by atoms with Crippen LogP contribution in [0, 0.1) is 74.7 Å². The van der Waals surface area contributed by atoms with Crippen molar-refractivity contribution in [2.24, 2.45) is 0 Å². The van der Waals surface area contributed by atoms with Gasteiger partial charge in [-0.1, -0.05) is 72.8 Å². The van der Waals surface area contributed by atoms with Crippen LogP contribution in [-0.2, 0) is 36.4 Å². The second-order valence-electron chi connectivity index (χ2n) is 15.6. The summed E-state index contributed by atoms with van der Waals surface area (Å²) in [5, 5.41) is 35.5. The zero-order valence-corrected chi connectivity index (χ0v) is 38.1. The maximum Gasteiger partial charge on any atom is 0.336 e. The van der Waals surface area contributed by atoms with Crippen molar-refractivity contribution in [2.75, 3.05) is 13.3 Å². The van der Waals surface area contributed by atoms with Gasteiger partial charge in [-0.15, -0.1) is 0 Å². The molecule has 350 valence electrons. The predicted molar refractivity (Wildman–Crippen MR) is 253 cm³/mol. The molecule has 69 heavy (non-hydrogen) atoms. The summed E-state index contributed by atoms with van der Waals surface area (Å²) in [7, 11) is -2.22. The molecule has 0 heterocycles. The molecule has 6 nitrogen and oxygen atoms in total. The lowest BCUT2D eigenvalue weighted by atomic mass is 9.99. The zero-order chi connectivity index (χ0) is 50.5. The summed E-state index contributed by atoms with van der Waals surface area (Å²) in [4.78, 5) is 11.0. The Morgan fingerprint density at radius 3 is 1.32 bits per heavy atom. The molecule has 0 bridgehead atoms. The van der Waals surface area contributed by atoms with Gasteiger partial charge in [0.1, 0.15) is 40.7 Å². The summed E-state index contributed by atoms with van der Waals surface area (Å²) in [6, 6.07) is 40.0. The molecule has 0 fully saturated rings. The molecule has 0 saturated carbocycles. The third-order valence-corrected chi connectivity index (χ3v) is 11.0. The molecule has 0 aliphatic carbocycles. The number of aromatic carboxylic acids is 1. The molecular weight excluding hydrogens is 915 g/mol. The quantitative estimate of drug-likeness (QED) is 0.0782. The summed E-state index contributed by atoms with van der Waals surface area (Å²) in [5.41, 5.74) is 6.24. The first kappa shape index (κ1) is 53.6. The van der Waals surface area contributed by atoms with Crippen LogP contribution in [0.4, 0.5) is 30.7 Å². The van der Waals surface area contributed by atoms with Crippen molar-refractivity contribution in [1.82, 2.24) is 0 Å². The molecule has 0 aliphatic heterocycles. The fourth-order valence-electron chi connectivity index (χ4n) is 6.43. The Bertz CT molecular complexity index is 3060. The van der Waals surface area contributed by atoms with Crippen LogP contribution in [0.25, 0.3) is 12.2 Å². The molecule has 0 spiro atoms. The van der Waals surface area contributed by atoms with Gasteiger partial charge in [0.15, 0.2) is 0 Å². The maximum absolute atomic E-state index is 13.0. The molecule has 0 amide bonds. The SMILES string of the molecule is CP(C)(=O)Cc1ccc(F)cc1C#N.N#Cc1cc(F)ccc1/C=C/c1ccc(F)cc1.N#Cc1cc(F)ccc1CCc1ccc(F)cc1.O=C(O)c1cc(F)ccc1CCc1ccc(F)cc1. The first-order valence-electron chi connectivity index (χ1n) is 20.9. The standard InChI is InChI=1S/C15H11F2N.C15H9F2N.C15H12F2O2.C10H11FNOP/c2*16-14-6-2-11(3-7-14)1-4-12-5-8-15(17)9-13(12)10-18;16-12-6-2-10(3-7-12)1-4-11-5-8-13(17)9-14(11)15(18)19;1-14(2,13)7-8-3-4-10(11)5-9(8)6-12/h2-3,5-9H,1,4H2;1-9H;2-3,5-9H,1,4H2,(H,18,19);3-5H,7H2,1-2H3/b;4-1+;;. The summed E-state index contributed by atoms with van der Waals surface area (Å²) >= 11 is 0. The molecule has 7 aromatic rings. The van der Waals surface area contributed by atoms with Crippen molar-refractivity contribution in [2.45, 2.75) is 31.8 Å². The van der Waals surface area contributed by atoms with E-state index in [1.807, 2.05) is 18.2 Å². The van der Waals surface area contributed by atoms with Crippen LogP contribution in [0.5, 0.6) is 0 Å². The van der Waals surface area contributed by atoms with Crippen molar-refractivity contribution in [3.05, 3.63) is 248 Å².